The van der Waals surface area contributed by atoms with Crippen LogP contribution in [0.2, 0.25) is 0 Å². The Balaban J connectivity index is 2.45. The zero-order chi connectivity index (χ0) is 24.6. The van der Waals surface area contributed by atoms with E-state index in [0.29, 0.717) is 19.4 Å². The number of amides is 3. The molecule has 3 atom stereocenters. The van der Waals surface area contributed by atoms with Crippen LogP contribution in [0.1, 0.15) is 87.0 Å². The summed E-state index contributed by atoms with van der Waals surface area (Å²) in [6, 6.07) is -0.745. The quantitative estimate of drug-likeness (QED) is 0.323. The molecule has 1 saturated heterocycles. The molecule has 3 amide bonds. The first-order chi connectivity index (χ1) is 14.9. The van der Waals surface area contributed by atoms with Crippen molar-refractivity contribution in [3.8, 4) is 0 Å². The van der Waals surface area contributed by atoms with Crippen LogP contribution in [0.25, 0.3) is 0 Å². The monoisotopic (exact) mass is 451 g/mol. The van der Waals surface area contributed by atoms with Gasteiger partial charge in [0.1, 0.15) is 0 Å². The SMILES string of the molecule is CCC1(C)CC(=O)N(CCCCCCN(C)C(C(=O)N[C@H](C(C)=O)C(C)C)C(C)C)C1=O. The van der Waals surface area contributed by atoms with E-state index in [0.717, 1.165) is 32.2 Å². The number of likely N-dealkylation sites (tertiary alicyclic amines) is 1. The Labute approximate surface area is 194 Å². The number of ketones is 1. The van der Waals surface area contributed by atoms with Gasteiger partial charge in [0.25, 0.3) is 0 Å². The molecular formula is C25H45N3O4. The largest absolute Gasteiger partial charge is 0.345 e. The number of Topliss-reactive ketones (excluding diaryl/α,β-unsaturated/α-hetero) is 1. The summed E-state index contributed by atoms with van der Waals surface area (Å²) in [7, 11) is 1.95. The minimum atomic E-state index is -0.525. The Morgan fingerprint density at radius 1 is 1.06 bits per heavy atom. The highest BCUT2D eigenvalue weighted by atomic mass is 16.2. The van der Waals surface area contributed by atoms with E-state index in [1.165, 1.54) is 11.8 Å². The normalized spacial score (nSPS) is 21.0. The number of nitrogens with zero attached hydrogens (tertiary/aromatic N) is 2. The van der Waals surface area contributed by atoms with E-state index in [2.05, 4.69) is 10.2 Å². The molecule has 1 aliphatic heterocycles. The van der Waals surface area contributed by atoms with Crippen LogP contribution in [-0.2, 0) is 19.2 Å². The summed E-state index contributed by atoms with van der Waals surface area (Å²) in [6.07, 6.45) is 4.67. The molecule has 0 bridgehead atoms. The molecule has 0 saturated carbocycles. The summed E-state index contributed by atoms with van der Waals surface area (Å²) < 4.78 is 0. The summed E-state index contributed by atoms with van der Waals surface area (Å²) in [4.78, 5) is 52.9. The van der Waals surface area contributed by atoms with Crippen LogP contribution in [0.3, 0.4) is 0 Å². The number of likely N-dealkylation sites (N-methyl/N-ethyl adjacent to an activating group) is 1. The summed E-state index contributed by atoms with van der Waals surface area (Å²) in [5.74, 6) is -0.0101. The molecule has 2 unspecified atom stereocenters. The van der Waals surface area contributed by atoms with Crippen LogP contribution >= 0.6 is 0 Å². The molecule has 7 heteroatoms. The molecule has 0 aromatic rings. The van der Waals surface area contributed by atoms with E-state index in [4.69, 9.17) is 0 Å². The fourth-order valence-electron chi connectivity index (χ4n) is 4.56. The van der Waals surface area contributed by atoms with Crippen molar-refractivity contribution in [3.63, 3.8) is 0 Å². The Bertz CT molecular complexity index is 676. The van der Waals surface area contributed by atoms with Crippen molar-refractivity contribution in [3.05, 3.63) is 0 Å². The van der Waals surface area contributed by atoms with Crippen LogP contribution in [0.5, 0.6) is 0 Å². The number of imide groups is 1. The predicted octanol–water partition coefficient (Wildman–Crippen LogP) is 3.41. The van der Waals surface area contributed by atoms with Crippen molar-refractivity contribution in [1.82, 2.24) is 15.1 Å². The third-order valence-electron chi connectivity index (χ3n) is 6.80. The second-order valence-corrected chi connectivity index (χ2v) is 10.4. The van der Waals surface area contributed by atoms with Crippen molar-refractivity contribution in [1.29, 1.82) is 0 Å². The van der Waals surface area contributed by atoms with Gasteiger partial charge in [-0.05, 0) is 51.6 Å². The summed E-state index contributed by atoms with van der Waals surface area (Å²) in [5, 5.41) is 2.94. The number of carbonyl (C=O) groups is 4. The molecule has 0 aliphatic carbocycles. The lowest BCUT2D eigenvalue weighted by Crippen LogP contribution is -2.53. The van der Waals surface area contributed by atoms with Gasteiger partial charge in [-0.1, -0.05) is 54.4 Å². The zero-order valence-corrected chi connectivity index (χ0v) is 21.5. The van der Waals surface area contributed by atoms with E-state index in [9.17, 15) is 19.2 Å². The van der Waals surface area contributed by atoms with Gasteiger partial charge in [0, 0.05) is 13.0 Å². The smallest absolute Gasteiger partial charge is 0.238 e. The highest BCUT2D eigenvalue weighted by molar-refractivity contribution is 6.05. The molecule has 1 heterocycles. The van der Waals surface area contributed by atoms with E-state index < -0.39 is 11.5 Å². The first-order valence-corrected chi connectivity index (χ1v) is 12.2. The average molecular weight is 452 g/mol. The highest BCUT2D eigenvalue weighted by Gasteiger charge is 2.46. The minimum absolute atomic E-state index is 0.0206. The van der Waals surface area contributed by atoms with Gasteiger partial charge in [-0.25, -0.2) is 0 Å². The van der Waals surface area contributed by atoms with Gasteiger partial charge in [0.15, 0.2) is 5.78 Å². The summed E-state index contributed by atoms with van der Waals surface area (Å²) >= 11 is 0. The first-order valence-electron chi connectivity index (χ1n) is 12.2. The molecule has 1 rings (SSSR count). The Morgan fingerprint density at radius 3 is 2.12 bits per heavy atom. The van der Waals surface area contributed by atoms with E-state index in [1.54, 1.807) is 0 Å². The van der Waals surface area contributed by atoms with Gasteiger partial charge in [0.05, 0.1) is 17.5 Å². The number of hydrogen-bond donors (Lipinski definition) is 1. The average Bonchev–Trinajstić information content (AvgIpc) is 2.91. The molecule has 1 N–H and O–H groups in total. The second-order valence-electron chi connectivity index (χ2n) is 10.4. The second kappa shape index (κ2) is 12.5. The summed E-state index contributed by atoms with van der Waals surface area (Å²) in [5.41, 5.74) is -0.525. The molecule has 0 spiro atoms. The lowest BCUT2D eigenvalue weighted by Gasteiger charge is -2.32. The number of rotatable bonds is 14. The fraction of sp³-hybridized carbons (Fsp3) is 0.840. The predicted molar refractivity (Wildman–Crippen MR) is 127 cm³/mol. The van der Waals surface area contributed by atoms with Gasteiger partial charge in [0.2, 0.25) is 17.7 Å². The lowest BCUT2D eigenvalue weighted by molar-refractivity contribution is -0.141. The van der Waals surface area contributed by atoms with Crippen molar-refractivity contribution >= 4 is 23.5 Å². The van der Waals surface area contributed by atoms with Crippen LogP contribution < -0.4 is 5.32 Å². The number of nitrogens with one attached hydrogen (secondary N) is 1. The minimum Gasteiger partial charge on any atom is -0.345 e. The molecular weight excluding hydrogens is 406 g/mol. The third kappa shape index (κ3) is 7.39. The molecule has 184 valence electrons. The van der Waals surface area contributed by atoms with Crippen LogP contribution in [0.4, 0.5) is 0 Å². The molecule has 0 aromatic carbocycles. The van der Waals surface area contributed by atoms with E-state index >= 15 is 0 Å². The molecule has 1 aliphatic rings. The Hall–Kier alpha value is -1.76. The van der Waals surface area contributed by atoms with Gasteiger partial charge >= 0.3 is 0 Å². The molecule has 0 radical (unpaired) electrons. The maximum Gasteiger partial charge on any atom is 0.238 e. The standard InChI is InChI=1S/C25H45N3O4/c1-9-25(7)16-20(30)28(24(25)32)15-13-11-10-12-14-27(8)22(18(4)5)23(31)26-21(17(2)3)19(6)29/h17-18,21-22H,9-16H2,1-8H3,(H,26,31)/t21-,22?,25?/m0/s1. The van der Waals surface area contributed by atoms with Gasteiger partial charge in [-0.15, -0.1) is 0 Å². The lowest BCUT2D eigenvalue weighted by atomic mass is 9.86. The highest BCUT2D eigenvalue weighted by Crippen LogP contribution is 2.35. The third-order valence-corrected chi connectivity index (χ3v) is 6.80. The van der Waals surface area contributed by atoms with E-state index in [1.807, 2.05) is 48.6 Å². The topological polar surface area (TPSA) is 86.8 Å². The Kier molecular flexibility index (Phi) is 11.0. The van der Waals surface area contributed by atoms with Crippen LogP contribution in [0.15, 0.2) is 0 Å². The summed E-state index contributed by atoms with van der Waals surface area (Å²) in [6.45, 7) is 14.5. The van der Waals surface area contributed by atoms with Crippen molar-refractivity contribution < 1.29 is 19.2 Å². The van der Waals surface area contributed by atoms with Crippen LogP contribution in [-0.4, -0.2) is 65.5 Å². The zero-order valence-electron chi connectivity index (χ0n) is 21.5. The number of hydrogen-bond acceptors (Lipinski definition) is 5. The molecule has 1 fully saturated rings. The number of carbonyl (C=O) groups excluding carboxylic acids is 4. The maximum absolute atomic E-state index is 12.9. The van der Waals surface area contributed by atoms with Crippen molar-refractivity contribution in [2.45, 2.75) is 99.1 Å². The number of unbranched alkanes of at least 4 members (excludes halogenated alkanes) is 3. The van der Waals surface area contributed by atoms with Gasteiger partial charge < -0.3 is 5.32 Å². The van der Waals surface area contributed by atoms with E-state index in [-0.39, 0.29) is 41.4 Å². The molecule has 32 heavy (non-hydrogen) atoms. The fourth-order valence-corrected chi connectivity index (χ4v) is 4.56. The maximum atomic E-state index is 12.9. The van der Waals surface area contributed by atoms with Gasteiger partial charge in [-0.2, -0.15) is 0 Å². The van der Waals surface area contributed by atoms with Gasteiger partial charge in [-0.3, -0.25) is 29.0 Å². The van der Waals surface area contributed by atoms with Crippen molar-refractivity contribution in [2.24, 2.45) is 17.3 Å². The molecule has 0 aromatic heterocycles. The van der Waals surface area contributed by atoms with Crippen molar-refractivity contribution in [2.75, 3.05) is 20.1 Å². The first kappa shape index (κ1) is 28.3. The Morgan fingerprint density at radius 2 is 1.66 bits per heavy atom. The molecule has 7 nitrogen and oxygen atoms in total. The van der Waals surface area contributed by atoms with Crippen LogP contribution in [0, 0.1) is 17.3 Å².